The van der Waals surface area contributed by atoms with Gasteiger partial charge >= 0.3 is 0 Å². The highest BCUT2D eigenvalue weighted by Crippen LogP contribution is 2.32. The molecule has 0 bridgehead atoms. The van der Waals surface area contributed by atoms with Crippen molar-refractivity contribution >= 4 is 28.4 Å². The van der Waals surface area contributed by atoms with E-state index in [1.54, 1.807) is 0 Å². The van der Waals surface area contributed by atoms with E-state index in [1.165, 1.54) is 0 Å². The number of hydrogen-bond acceptors (Lipinski definition) is 4. The van der Waals surface area contributed by atoms with Crippen LogP contribution in [0, 0.1) is 3.57 Å². The first-order valence-electron chi connectivity index (χ1n) is 6.61. The molecule has 0 radical (unpaired) electrons. The lowest BCUT2D eigenvalue weighted by Gasteiger charge is -2.15. The van der Waals surface area contributed by atoms with E-state index in [0.29, 0.717) is 6.10 Å². The lowest BCUT2D eigenvalue weighted by Crippen LogP contribution is -2.12. The van der Waals surface area contributed by atoms with Crippen molar-refractivity contribution in [1.29, 1.82) is 0 Å². The number of hydrogen-bond donors (Lipinski definition) is 1. The second-order valence-electron chi connectivity index (χ2n) is 4.59. The van der Waals surface area contributed by atoms with Gasteiger partial charge in [0.1, 0.15) is 11.9 Å². The Balaban J connectivity index is 2.32. The summed E-state index contributed by atoms with van der Waals surface area (Å²) in [7, 11) is 0. The predicted octanol–water partition coefficient (Wildman–Crippen LogP) is 3.32. The first-order chi connectivity index (χ1) is 8.65. The van der Waals surface area contributed by atoms with Crippen molar-refractivity contribution in [1.82, 2.24) is 9.97 Å². The molecule has 0 spiro atoms. The lowest BCUT2D eigenvalue weighted by molar-refractivity contribution is 0.0502. The summed E-state index contributed by atoms with van der Waals surface area (Å²) in [6.07, 6.45) is 3.44. The molecule has 2 heterocycles. The quantitative estimate of drug-likeness (QED) is 0.836. The van der Waals surface area contributed by atoms with Gasteiger partial charge in [-0.3, -0.25) is 0 Å². The number of nitrogens with zero attached hydrogens (tertiary/aromatic N) is 2. The van der Waals surface area contributed by atoms with Crippen LogP contribution in [0.1, 0.15) is 51.2 Å². The molecule has 1 aliphatic rings. The van der Waals surface area contributed by atoms with Crippen molar-refractivity contribution in [3.05, 3.63) is 15.1 Å². The molecule has 0 aromatic carbocycles. The molecule has 18 heavy (non-hydrogen) atoms. The number of rotatable bonds is 4. The fraction of sp³-hybridized carbons (Fsp3) is 0.692. The maximum atomic E-state index is 5.86. The van der Waals surface area contributed by atoms with E-state index in [2.05, 4.69) is 58.6 Å². The Labute approximate surface area is 122 Å². The molecule has 5 heteroatoms. The standard InChI is InChI=1S/C13H20IN3O/c1-4-9-11(14)13(15-5-2)17-12(16-9)10-7-6-8(3)18-10/h8,10H,4-7H2,1-3H3,(H,15,16,17). The summed E-state index contributed by atoms with van der Waals surface area (Å²) in [6, 6.07) is 0. The number of aromatic nitrogens is 2. The third kappa shape index (κ3) is 2.93. The van der Waals surface area contributed by atoms with Crippen LogP contribution in [0.25, 0.3) is 0 Å². The molecular formula is C13H20IN3O. The summed E-state index contributed by atoms with van der Waals surface area (Å²) in [5.74, 6) is 1.79. The average Bonchev–Trinajstić information content (AvgIpc) is 2.79. The number of halogens is 1. The van der Waals surface area contributed by atoms with Gasteiger partial charge in [0.25, 0.3) is 0 Å². The van der Waals surface area contributed by atoms with Gasteiger partial charge in [0.15, 0.2) is 5.82 Å². The highest BCUT2D eigenvalue weighted by molar-refractivity contribution is 14.1. The molecule has 0 aliphatic carbocycles. The number of anilines is 1. The SMILES string of the molecule is CCNc1nc(C2CCC(C)O2)nc(CC)c1I. The molecule has 100 valence electrons. The third-order valence-corrected chi connectivity index (χ3v) is 4.27. The largest absolute Gasteiger partial charge is 0.369 e. The Kier molecular flexibility index (Phi) is 4.77. The first-order valence-corrected chi connectivity index (χ1v) is 7.69. The van der Waals surface area contributed by atoms with E-state index in [-0.39, 0.29) is 6.10 Å². The zero-order valence-electron chi connectivity index (χ0n) is 11.2. The van der Waals surface area contributed by atoms with Crippen LogP contribution in [0.15, 0.2) is 0 Å². The van der Waals surface area contributed by atoms with Crippen molar-refractivity contribution < 1.29 is 4.74 Å². The van der Waals surface area contributed by atoms with Crippen LogP contribution in [-0.2, 0) is 11.2 Å². The van der Waals surface area contributed by atoms with Crippen LogP contribution in [0.4, 0.5) is 5.82 Å². The van der Waals surface area contributed by atoms with E-state index >= 15 is 0 Å². The maximum absolute atomic E-state index is 5.86. The highest BCUT2D eigenvalue weighted by Gasteiger charge is 2.27. The van der Waals surface area contributed by atoms with E-state index in [4.69, 9.17) is 4.74 Å². The molecule has 1 saturated heterocycles. The third-order valence-electron chi connectivity index (χ3n) is 3.14. The lowest BCUT2D eigenvalue weighted by atomic mass is 10.2. The van der Waals surface area contributed by atoms with Crippen LogP contribution in [0.3, 0.4) is 0 Å². The molecule has 4 nitrogen and oxygen atoms in total. The van der Waals surface area contributed by atoms with Crippen LogP contribution in [0.2, 0.25) is 0 Å². The van der Waals surface area contributed by atoms with Gasteiger partial charge in [0, 0.05) is 6.54 Å². The van der Waals surface area contributed by atoms with Crippen LogP contribution >= 0.6 is 22.6 Å². The monoisotopic (exact) mass is 361 g/mol. The molecular weight excluding hydrogens is 341 g/mol. The molecule has 1 fully saturated rings. The molecule has 1 aromatic heterocycles. The number of nitrogens with one attached hydrogen (secondary N) is 1. The minimum absolute atomic E-state index is 0.0692. The van der Waals surface area contributed by atoms with Gasteiger partial charge < -0.3 is 10.1 Å². The first kappa shape index (κ1) is 14.0. The Bertz CT molecular complexity index is 425. The molecule has 2 unspecified atom stereocenters. The van der Waals surface area contributed by atoms with Crippen LogP contribution in [-0.4, -0.2) is 22.6 Å². The second kappa shape index (κ2) is 6.14. The smallest absolute Gasteiger partial charge is 0.159 e. The Morgan fingerprint density at radius 3 is 2.67 bits per heavy atom. The maximum Gasteiger partial charge on any atom is 0.159 e. The topological polar surface area (TPSA) is 47.0 Å². The fourth-order valence-electron chi connectivity index (χ4n) is 2.17. The molecule has 1 aromatic rings. The van der Waals surface area contributed by atoms with E-state index in [1.807, 2.05) is 0 Å². The van der Waals surface area contributed by atoms with Crippen molar-refractivity contribution in [2.24, 2.45) is 0 Å². The van der Waals surface area contributed by atoms with Gasteiger partial charge in [-0.1, -0.05) is 6.92 Å². The van der Waals surface area contributed by atoms with Gasteiger partial charge in [-0.2, -0.15) is 0 Å². The summed E-state index contributed by atoms with van der Waals surface area (Å²) >= 11 is 2.32. The molecule has 2 rings (SSSR count). The second-order valence-corrected chi connectivity index (χ2v) is 5.67. The highest BCUT2D eigenvalue weighted by atomic mass is 127. The number of aryl methyl sites for hydroxylation is 1. The minimum atomic E-state index is 0.0692. The van der Waals surface area contributed by atoms with Gasteiger partial charge in [-0.25, -0.2) is 9.97 Å². The van der Waals surface area contributed by atoms with Crippen LogP contribution < -0.4 is 5.32 Å². The Morgan fingerprint density at radius 1 is 1.33 bits per heavy atom. The Morgan fingerprint density at radius 2 is 2.11 bits per heavy atom. The number of ether oxygens (including phenoxy) is 1. The van der Waals surface area contributed by atoms with E-state index in [0.717, 1.165) is 46.7 Å². The minimum Gasteiger partial charge on any atom is -0.369 e. The van der Waals surface area contributed by atoms with Gasteiger partial charge in [-0.15, -0.1) is 0 Å². The van der Waals surface area contributed by atoms with Crippen molar-refractivity contribution in [2.75, 3.05) is 11.9 Å². The van der Waals surface area contributed by atoms with E-state index < -0.39 is 0 Å². The molecule has 2 atom stereocenters. The summed E-state index contributed by atoms with van der Waals surface area (Å²) in [4.78, 5) is 9.30. The fourth-order valence-corrected chi connectivity index (χ4v) is 2.98. The summed E-state index contributed by atoms with van der Waals surface area (Å²) in [5.41, 5.74) is 1.11. The normalized spacial score (nSPS) is 23.3. The van der Waals surface area contributed by atoms with Crippen molar-refractivity contribution in [2.45, 2.75) is 52.2 Å². The van der Waals surface area contributed by atoms with Crippen molar-refractivity contribution in [3.8, 4) is 0 Å². The van der Waals surface area contributed by atoms with Gasteiger partial charge in [0.2, 0.25) is 0 Å². The molecule has 0 saturated carbocycles. The van der Waals surface area contributed by atoms with Crippen LogP contribution in [0.5, 0.6) is 0 Å². The zero-order valence-corrected chi connectivity index (χ0v) is 13.3. The van der Waals surface area contributed by atoms with E-state index in [9.17, 15) is 0 Å². The zero-order chi connectivity index (χ0) is 13.1. The van der Waals surface area contributed by atoms with Crippen molar-refractivity contribution in [3.63, 3.8) is 0 Å². The van der Waals surface area contributed by atoms with Gasteiger partial charge in [-0.05, 0) is 55.7 Å². The average molecular weight is 361 g/mol. The summed E-state index contributed by atoms with van der Waals surface area (Å²) in [5, 5.41) is 3.31. The summed E-state index contributed by atoms with van der Waals surface area (Å²) < 4.78 is 7.00. The molecule has 1 aliphatic heterocycles. The Hall–Kier alpha value is -0.430. The molecule has 0 amide bonds. The van der Waals surface area contributed by atoms with Gasteiger partial charge in [0.05, 0.1) is 15.4 Å². The predicted molar refractivity (Wildman–Crippen MR) is 80.8 cm³/mol. The molecule has 1 N–H and O–H groups in total. The summed E-state index contributed by atoms with van der Waals surface area (Å²) in [6.45, 7) is 7.19.